The summed E-state index contributed by atoms with van der Waals surface area (Å²) in [6, 6.07) is 0. The number of hydrogen-bond donors (Lipinski definition) is 2. The van der Waals surface area contributed by atoms with Crippen LogP contribution in [0.1, 0.15) is 40.0 Å². The maximum atomic E-state index is 12.3. The fraction of sp³-hybridized carbons (Fsp3) is 0.800. The highest BCUT2D eigenvalue weighted by atomic mass is 16.4. The van der Waals surface area contributed by atoms with E-state index in [1.54, 1.807) is 18.9 Å². The number of amides is 2. The summed E-state index contributed by atoms with van der Waals surface area (Å²) >= 11 is 0. The summed E-state index contributed by atoms with van der Waals surface area (Å²) in [6.07, 6.45) is 1.28. The highest BCUT2D eigenvalue weighted by molar-refractivity contribution is 5.85. The third-order valence-corrected chi connectivity index (χ3v) is 4.75. The quantitative estimate of drug-likeness (QED) is 0.796. The summed E-state index contributed by atoms with van der Waals surface area (Å²) in [4.78, 5) is 37.0. The molecule has 0 spiro atoms. The molecule has 0 aliphatic carbocycles. The molecule has 1 atom stereocenters. The number of carbonyl (C=O) groups is 3. The maximum Gasteiger partial charge on any atom is 0.310 e. The van der Waals surface area contributed by atoms with Gasteiger partial charge < -0.3 is 15.3 Å². The first-order chi connectivity index (χ1) is 9.72. The lowest BCUT2D eigenvalue weighted by molar-refractivity contribution is -0.156. The number of carboxylic acids is 1. The molecule has 0 saturated carbocycles. The van der Waals surface area contributed by atoms with Crippen LogP contribution in [0.15, 0.2) is 0 Å². The second kappa shape index (κ2) is 6.91. The first kappa shape index (κ1) is 17.5. The van der Waals surface area contributed by atoms with Crippen molar-refractivity contribution in [2.75, 3.05) is 20.1 Å². The van der Waals surface area contributed by atoms with Crippen LogP contribution in [-0.2, 0) is 14.4 Å². The minimum absolute atomic E-state index is 0.00460. The highest BCUT2D eigenvalue weighted by Gasteiger charge is 2.40. The van der Waals surface area contributed by atoms with Gasteiger partial charge in [0.25, 0.3) is 0 Å². The van der Waals surface area contributed by atoms with E-state index in [-0.39, 0.29) is 30.1 Å². The molecule has 1 heterocycles. The van der Waals surface area contributed by atoms with Crippen molar-refractivity contribution >= 4 is 17.8 Å². The predicted octanol–water partition coefficient (Wildman–Crippen LogP) is 1.11. The van der Waals surface area contributed by atoms with Gasteiger partial charge in [-0.3, -0.25) is 14.4 Å². The van der Waals surface area contributed by atoms with E-state index in [0.717, 1.165) is 0 Å². The third-order valence-electron chi connectivity index (χ3n) is 4.75. The van der Waals surface area contributed by atoms with Gasteiger partial charge in [-0.25, -0.2) is 0 Å². The SMILES string of the molecule is CNC(=O)C1CCN(C(=O)CC(C)(C(=O)O)C(C)C)CC1. The van der Waals surface area contributed by atoms with Crippen LogP contribution < -0.4 is 5.32 Å². The number of likely N-dealkylation sites (tertiary alicyclic amines) is 1. The zero-order valence-corrected chi connectivity index (χ0v) is 13.3. The van der Waals surface area contributed by atoms with Crippen molar-refractivity contribution in [1.29, 1.82) is 0 Å². The van der Waals surface area contributed by atoms with Gasteiger partial charge in [0, 0.05) is 32.5 Å². The van der Waals surface area contributed by atoms with E-state index < -0.39 is 11.4 Å². The number of rotatable bonds is 5. The van der Waals surface area contributed by atoms with Crippen molar-refractivity contribution in [2.45, 2.75) is 40.0 Å². The Balaban J connectivity index is 2.62. The zero-order chi connectivity index (χ0) is 16.2. The van der Waals surface area contributed by atoms with Gasteiger partial charge in [0.15, 0.2) is 0 Å². The van der Waals surface area contributed by atoms with Crippen LogP contribution in [0.4, 0.5) is 0 Å². The molecule has 6 heteroatoms. The molecule has 1 rings (SSSR count). The fourth-order valence-electron chi connectivity index (χ4n) is 2.55. The molecule has 2 amide bonds. The van der Waals surface area contributed by atoms with Gasteiger partial charge in [0.2, 0.25) is 11.8 Å². The monoisotopic (exact) mass is 298 g/mol. The Kier molecular flexibility index (Phi) is 5.75. The van der Waals surface area contributed by atoms with Crippen molar-refractivity contribution in [3.05, 3.63) is 0 Å². The molecule has 1 unspecified atom stereocenters. The molecule has 0 radical (unpaired) electrons. The lowest BCUT2D eigenvalue weighted by Gasteiger charge is -2.35. The Morgan fingerprint density at radius 3 is 2.19 bits per heavy atom. The first-order valence-electron chi connectivity index (χ1n) is 7.45. The van der Waals surface area contributed by atoms with Gasteiger partial charge in [-0.1, -0.05) is 13.8 Å². The van der Waals surface area contributed by atoms with Crippen molar-refractivity contribution in [2.24, 2.45) is 17.3 Å². The Labute approximate surface area is 125 Å². The van der Waals surface area contributed by atoms with Gasteiger partial charge in [0.05, 0.1) is 5.41 Å². The minimum atomic E-state index is -1.05. The second-order valence-corrected chi connectivity index (χ2v) is 6.32. The smallest absolute Gasteiger partial charge is 0.310 e. The fourth-order valence-corrected chi connectivity index (χ4v) is 2.55. The number of aliphatic carboxylic acids is 1. The van der Waals surface area contributed by atoms with Gasteiger partial charge in [-0.2, -0.15) is 0 Å². The summed E-state index contributed by atoms with van der Waals surface area (Å²) in [5.41, 5.74) is -1.05. The Morgan fingerprint density at radius 2 is 1.81 bits per heavy atom. The van der Waals surface area contributed by atoms with Crippen molar-refractivity contribution in [3.8, 4) is 0 Å². The average Bonchev–Trinajstić information content (AvgIpc) is 2.45. The van der Waals surface area contributed by atoms with Crippen LogP contribution in [0.5, 0.6) is 0 Å². The maximum absolute atomic E-state index is 12.3. The number of piperidine rings is 1. The lowest BCUT2D eigenvalue weighted by atomic mass is 9.76. The lowest BCUT2D eigenvalue weighted by Crippen LogP contribution is -2.45. The van der Waals surface area contributed by atoms with Crippen LogP contribution >= 0.6 is 0 Å². The number of nitrogens with one attached hydrogen (secondary N) is 1. The van der Waals surface area contributed by atoms with Gasteiger partial charge in [-0.15, -0.1) is 0 Å². The molecule has 0 aromatic carbocycles. The summed E-state index contributed by atoms with van der Waals surface area (Å²) in [7, 11) is 1.61. The van der Waals surface area contributed by atoms with E-state index in [9.17, 15) is 19.5 Å². The summed E-state index contributed by atoms with van der Waals surface area (Å²) < 4.78 is 0. The predicted molar refractivity (Wildman–Crippen MR) is 78.6 cm³/mol. The van der Waals surface area contributed by atoms with E-state index in [0.29, 0.717) is 25.9 Å². The second-order valence-electron chi connectivity index (χ2n) is 6.32. The number of carboxylic acid groups (broad SMARTS) is 1. The molecule has 0 aromatic rings. The molecule has 1 aliphatic rings. The number of carbonyl (C=O) groups excluding carboxylic acids is 2. The van der Waals surface area contributed by atoms with Crippen LogP contribution in [0.2, 0.25) is 0 Å². The third kappa shape index (κ3) is 3.95. The topological polar surface area (TPSA) is 86.7 Å². The van der Waals surface area contributed by atoms with E-state index >= 15 is 0 Å². The molecule has 2 N–H and O–H groups in total. The zero-order valence-electron chi connectivity index (χ0n) is 13.3. The normalized spacial score (nSPS) is 19.2. The Morgan fingerprint density at radius 1 is 1.29 bits per heavy atom. The van der Waals surface area contributed by atoms with Gasteiger partial charge in [-0.05, 0) is 25.7 Å². The van der Waals surface area contributed by atoms with Crippen LogP contribution in [-0.4, -0.2) is 47.9 Å². The summed E-state index contributed by atoms with van der Waals surface area (Å²) in [5, 5.41) is 12.0. The molecule has 0 aromatic heterocycles. The molecular weight excluding hydrogens is 272 g/mol. The molecule has 1 fully saturated rings. The van der Waals surface area contributed by atoms with Gasteiger partial charge in [0.1, 0.15) is 0 Å². The van der Waals surface area contributed by atoms with Crippen LogP contribution in [0.25, 0.3) is 0 Å². The molecule has 0 bridgehead atoms. The van der Waals surface area contributed by atoms with Gasteiger partial charge >= 0.3 is 5.97 Å². The first-order valence-corrected chi connectivity index (χ1v) is 7.45. The number of nitrogens with zero attached hydrogens (tertiary/aromatic N) is 1. The van der Waals surface area contributed by atoms with E-state index in [1.807, 2.05) is 13.8 Å². The van der Waals surface area contributed by atoms with E-state index in [2.05, 4.69) is 5.32 Å². The summed E-state index contributed by atoms with van der Waals surface area (Å²) in [6.45, 7) is 6.29. The minimum Gasteiger partial charge on any atom is -0.481 e. The highest BCUT2D eigenvalue weighted by Crippen LogP contribution is 2.32. The van der Waals surface area contributed by atoms with Crippen molar-refractivity contribution in [1.82, 2.24) is 10.2 Å². The molecule has 21 heavy (non-hydrogen) atoms. The van der Waals surface area contributed by atoms with Crippen molar-refractivity contribution < 1.29 is 19.5 Å². The molecule has 6 nitrogen and oxygen atoms in total. The molecule has 1 saturated heterocycles. The van der Waals surface area contributed by atoms with Crippen LogP contribution in [0.3, 0.4) is 0 Å². The van der Waals surface area contributed by atoms with Crippen LogP contribution in [0, 0.1) is 17.3 Å². The van der Waals surface area contributed by atoms with E-state index in [4.69, 9.17) is 0 Å². The Bertz CT molecular complexity index is 414. The Hall–Kier alpha value is -1.59. The molecule has 1 aliphatic heterocycles. The average molecular weight is 298 g/mol. The molecule has 120 valence electrons. The largest absolute Gasteiger partial charge is 0.481 e. The molecular formula is C15H26N2O4. The van der Waals surface area contributed by atoms with E-state index in [1.165, 1.54) is 0 Å². The summed E-state index contributed by atoms with van der Waals surface area (Å²) in [5.74, 6) is -1.23. The standard InChI is InChI=1S/C15H26N2O4/c1-10(2)15(3,14(20)21)9-12(18)17-7-5-11(6-8-17)13(19)16-4/h10-11H,5-9H2,1-4H3,(H,16,19)(H,20,21). The van der Waals surface area contributed by atoms with Crippen molar-refractivity contribution in [3.63, 3.8) is 0 Å². The number of hydrogen-bond acceptors (Lipinski definition) is 3.